The standard InChI is InChI=1S/C23H24ClN5O/c1-15-25-13-12-21(26-15)29-14-4-5-18-19(29)10-11-20(27-18)23(2,3)28-22(30)16-6-8-17(24)9-7-16/h6-13H,4-5,14H2,1-3H3,(H,28,30). The minimum absolute atomic E-state index is 0.158. The van der Waals surface area contributed by atoms with Gasteiger partial charge in [0, 0.05) is 23.3 Å². The summed E-state index contributed by atoms with van der Waals surface area (Å²) in [6.45, 7) is 6.70. The summed E-state index contributed by atoms with van der Waals surface area (Å²) in [5.41, 5.74) is 2.84. The molecule has 1 aromatic carbocycles. The van der Waals surface area contributed by atoms with Gasteiger partial charge in [0.1, 0.15) is 11.6 Å². The summed E-state index contributed by atoms with van der Waals surface area (Å²) in [4.78, 5) is 28.6. The molecule has 0 atom stereocenters. The number of halogens is 1. The van der Waals surface area contributed by atoms with Crippen molar-refractivity contribution >= 4 is 29.0 Å². The molecule has 1 aliphatic heterocycles. The van der Waals surface area contributed by atoms with E-state index in [1.54, 1.807) is 30.5 Å². The predicted octanol–water partition coefficient (Wildman–Crippen LogP) is 4.58. The average molecular weight is 422 g/mol. The first-order valence-electron chi connectivity index (χ1n) is 9.99. The Hall–Kier alpha value is -2.99. The van der Waals surface area contributed by atoms with Gasteiger partial charge in [-0.2, -0.15) is 0 Å². The second-order valence-electron chi connectivity index (χ2n) is 7.97. The number of hydrogen-bond acceptors (Lipinski definition) is 5. The molecule has 30 heavy (non-hydrogen) atoms. The van der Waals surface area contributed by atoms with Crippen molar-refractivity contribution in [1.29, 1.82) is 0 Å². The highest BCUT2D eigenvalue weighted by atomic mass is 35.5. The van der Waals surface area contributed by atoms with Gasteiger partial charge in [-0.05, 0) is 76.1 Å². The fraction of sp³-hybridized carbons (Fsp3) is 0.304. The van der Waals surface area contributed by atoms with Crippen molar-refractivity contribution in [1.82, 2.24) is 20.3 Å². The number of aromatic nitrogens is 3. The van der Waals surface area contributed by atoms with E-state index < -0.39 is 5.54 Å². The molecule has 3 heterocycles. The Kier molecular flexibility index (Phi) is 5.43. The molecule has 154 valence electrons. The number of nitrogens with one attached hydrogen (secondary N) is 1. The second-order valence-corrected chi connectivity index (χ2v) is 8.40. The lowest BCUT2D eigenvalue weighted by molar-refractivity contribution is 0.0910. The van der Waals surface area contributed by atoms with E-state index in [1.807, 2.05) is 32.9 Å². The lowest BCUT2D eigenvalue weighted by Gasteiger charge is -2.32. The molecule has 2 aromatic heterocycles. The number of amides is 1. The third kappa shape index (κ3) is 4.14. The highest BCUT2D eigenvalue weighted by Gasteiger charge is 2.28. The van der Waals surface area contributed by atoms with Crippen LogP contribution in [-0.2, 0) is 12.0 Å². The predicted molar refractivity (Wildman–Crippen MR) is 118 cm³/mol. The molecule has 1 aliphatic rings. The molecule has 1 amide bonds. The lowest BCUT2D eigenvalue weighted by Crippen LogP contribution is -2.42. The van der Waals surface area contributed by atoms with Crippen LogP contribution in [0.4, 0.5) is 11.5 Å². The Morgan fingerprint density at radius 2 is 1.87 bits per heavy atom. The SMILES string of the molecule is Cc1nccc(N2CCCc3nc(C(C)(C)NC(=O)c4ccc(Cl)cc4)ccc32)n1. The van der Waals surface area contributed by atoms with E-state index in [1.165, 1.54) is 0 Å². The molecule has 6 nitrogen and oxygen atoms in total. The first kappa shape index (κ1) is 20.3. The number of benzene rings is 1. The Morgan fingerprint density at radius 1 is 1.10 bits per heavy atom. The van der Waals surface area contributed by atoms with Crippen LogP contribution >= 0.6 is 11.6 Å². The molecular formula is C23H24ClN5O. The summed E-state index contributed by atoms with van der Waals surface area (Å²) in [6, 6.07) is 12.8. The molecular weight excluding hydrogens is 398 g/mol. The van der Waals surface area contributed by atoms with E-state index in [9.17, 15) is 4.79 Å². The van der Waals surface area contributed by atoms with E-state index in [4.69, 9.17) is 16.6 Å². The summed E-state index contributed by atoms with van der Waals surface area (Å²) in [5, 5.41) is 3.69. The highest BCUT2D eigenvalue weighted by molar-refractivity contribution is 6.30. The van der Waals surface area contributed by atoms with Gasteiger partial charge in [-0.15, -0.1) is 0 Å². The average Bonchev–Trinajstić information content (AvgIpc) is 2.73. The number of pyridine rings is 1. The van der Waals surface area contributed by atoms with Crippen molar-refractivity contribution in [3.8, 4) is 0 Å². The van der Waals surface area contributed by atoms with Crippen LogP contribution < -0.4 is 10.2 Å². The van der Waals surface area contributed by atoms with Gasteiger partial charge >= 0.3 is 0 Å². The number of carbonyl (C=O) groups excluding carboxylic acids is 1. The second kappa shape index (κ2) is 8.03. The zero-order valence-electron chi connectivity index (χ0n) is 17.3. The zero-order valence-corrected chi connectivity index (χ0v) is 18.1. The van der Waals surface area contributed by atoms with E-state index >= 15 is 0 Å². The molecule has 0 radical (unpaired) electrons. The van der Waals surface area contributed by atoms with Gasteiger partial charge in [-0.3, -0.25) is 9.78 Å². The topological polar surface area (TPSA) is 71.0 Å². The van der Waals surface area contributed by atoms with Crippen molar-refractivity contribution in [3.05, 3.63) is 76.5 Å². The van der Waals surface area contributed by atoms with E-state index in [-0.39, 0.29) is 5.91 Å². The van der Waals surface area contributed by atoms with Crippen LogP contribution in [-0.4, -0.2) is 27.4 Å². The molecule has 0 saturated carbocycles. The van der Waals surface area contributed by atoms with E-state index in [2.05, 4.69) is 26.3 Å². The fourth-order valence-corrected chi connectivity index (χ4v) is 3.78. The number of fused-ring (bicyclic) bond motifs is 1. The Morgan fingerprint density at radius 3 is 2.60 bits per heavy atom. The Labute approximate surface area is 181 Å². The molecule has 0 bridgehead atoms. The quantitative estimate of drug-likeness (QED) is 0.667. The normalized spacial score (nSPS) is 13.7. The smallest absolute Gasteiger partial charge is 0.252 e. The summed E-state index contributed by atoms with van der Waals surface area (Å²) in [7, 11) is 0. The maximum atomic E-state index is 12.7. The fourth-order valence-electron chi connectivity index (χ4n) is 3.65. The van der Waals surface area contributed by atoms with Crippen LogP contribution in [0.15, 0.2) is 48.7 Å². The highest BCUT2D eigenvalue weighted by Crippen LogP contribution is 2.33. The van der Waals surface area contributed by atoms with Crippen LogP contribution in [0.3, 0.4) is 0 Å². The minimum Gasteiger partial charge on any atom is -0.342 e. The van der Waals surface area contributed by atoms with Gasteiger partial charge in [0.25, 0.3) is 5.91 Å². The first-order chi connectivity index (χ1) is 14.3. The number of carbonyl (C=O) groups is 1. The number of anilines is 2. The zero-order chi connectivity index (χ0) is 21.3. The number of hydrogen-bond donors (Lipinski definition) is 1. The van der Waals surface area contributed by atoms with Crippen molar-refractivity contribution in [2.45, 2.75) is 39.2 Å². The van der Waals surface area contributed by atoms with Crippen molar-refractivity contribution in [2.24, 2.45) is 0 Å². The van der Waals surface area contributed by atoms with Crippen LogP contribution in [0.25, 0.3) is 0 Å². The van der Waals surface area contributed by atoms with Crippen LogP contribution in [0.1, 0.15) is 47.8 Å². The molecule has 7 heteroatoms. The van der Waals surface area contributed by atoms with Crippen LogP contribution in [0.2, 0.25) is 5.02 Å². The van der Waals surface area contributed by atoms with Crippen molar-refractivity contribution in [2.75, 3.05) is 11.4 Å². The molecule has 4 rings (SSSR count). The summed E-state index contributed by atoms with van der Waals surface area (Å²) in [6.07, 6.45) is 3.66. The molecule has 0 aliphatic carbocycles. The van der Waals surface area contributed by atoms with Gasteiger partial charge in [-0.1, -0.05) is 11.6 Å². The minimum atomic E-state index is -0.625. The Bertz CT molecular complexity index is 1080. The van der Waals surface area contributed by atoms with Gasteiger partial charge in [0.15, 0.2) is 0 Å². The maximum Gasteiger partial charge on any atom is 0.252 e. The molecule has 3 aromatic rings. The lowest BCUT2D eigenvalue weighted by atomic mass is 9.97. The molecule has 0 fully saturated rings. The van der Waals surface area contributed by atoms with E-state index in [0.29, 0.717) is 10.6 Å². The van der Waals surface area contributed by atoms with Gasteiger partial charge in [0.05, 0.1) is 22.6 Å². The third-order valence-electron chi connectivity index (χ3n) is 5.25. The van der Waals surface area contributed by atoms with Gasteiger partial charge in [-0.25, -0.2) is 9.97 Å². The van der Waals surface area contributed by atoms with Gasteiger partial charge in [0.2, 0.25) is 0 Å². The largest absolute Gasteiger partial charge is 0.342 e. The molecule has 0 saturated heterocycles. The molecule has 1 N–H and O–H groups in total. The van der Waals surface area contributed by atoms with Crippen molar-refractivity contribution < 1.29 is 4.79 Å². The molecule has 0 spiro atoms. The monoisotopic (exact) mass is 421 g/mol. The Balaban J connectivity index is 1.59. The maximum absolute atomic E-state index is 12.7. The third-order valence-corrected chi connectivity index (χ3v) is 5.50. The van der Waals surface area contributed by atoms with Crippen LogP contribution in [0, 0.1) is 6.92 Å². The van der Waals surface area contributed by atoms with Crippen LogP contribution in [0.5, 0.6) is 0 Å². The van der Waals surface area contributed by atoms with E-state index in [0.717, 1.165) is 48.1 Å². The number of rotatable bonds is 4. The number of aryl methyl sites for hydroxylation is 2. The summed E-state index contributed by atoms with van der Waals surface area (Å²) >= 11 is 5.92. The van der Waals surface area contributed by atoms with Crippen molar-refractivity contribution in [3.63, 3.8) is 0 Å². The summed E-state index contributed by atoms with van der Waals surface area (Å²) < 4.78 is 0. The molecule has 0 unspecified atom stereocenters. The first-order valence-corrected chi connectivity index (χ1v) is 10.4. The summed E-state index contributed by atoms with van der Waals surface area (Å²) in [5.74, 6) is 1.47. The number of nitrogens with zero attached hydrogens (tertiary/aromatic N) is 4. The van der Waals surface area contributed by atoms with Gasteiger partial charge < -0.3 is 10.2 Å².